The molecule has 92 valence electrons. The van der Waals surface area contributed by atoms with Crippen LogP contribution in [0.5, 0.6) is 0 Å². The van der Waals surface area contributed by atoms with Crippen LogP contribution in [-0.2, 0) is 9.53 Å². The maximum atomic E-state index is 11.5. The van der Waals surface area contributed by atoms with Crippen LogP contribution in [0.25, 0.3) is 0 Å². The van der Waals surface area contributed by atoms with Crippen molar-refractivity contribution in [2.24, 2.45) is 0 Å². The van der Waals surface area contributed by atoms with Crippen LogP contribution >= 0.6 is 0 Å². The van der Waals surface area contributed by atoms with Gasteiger partial charge in [0.05, 0.1) is 25.9 Å². The molecule has 0 aromatic carbocycles. The predicted molar refractivity (Wildman–Crippen MR) is 61.1 cm³/mol. The Morgan fingerprint density at radius 2 is 2.12 bits per heavy atom. The van der Waals surface area contributed by atoms with Crippen molar-refractivity contribution in [3.05, 3.63) is 0 Å². The SMILES string of the molecule is CC1NCC(=O)N1CCCN1CCOCC1. The zero-order chi connectivity index (χ0) is 11.4. The van der Waals surface area contributed by atoms with Crippen LogP contribution < -0.4 is 5.32 Å². The number of nitrogens with zero attached hydrogens (tertiary/aromatic N) is 2. The van der Waals surface area contributed by atoms with Crippen LogP contribution in [0.2, 0.25) is 0 Å². The van der Waals surface area contributed by atoms with E-state index in [2.05, 4.69) is 10.2 Å². The Morgan fingerprint density at radius 1 is 1.38 bits per heavy atom. The third-order valence-corrected chi connectivity index (χ3v) is 3.31. The minimum atomic E-state index is 0.206. The van der Waals surface area contributed by atoms with E-state index in [-0.39, 0.29) is 12.1 Å². The maximum Gasteiger partial charge on any atom is 0.237 e. The molecule has 2 aliphatic rings. The summed E-state index contributed by atoms with van der Waals surface area (Å²) in [4.78, 5) is 15.8. The molecule has 0 aliphatic carbocycles. The first kappa shape index (κ1) is 11.8. The highest BCUT2D eigenvalue weighted by atomic mass is 16.5. The fourth-order valence-corrected chi connectivity index (χ4v) is 2.27. The Balaban J connectivity index is 1.65. The van der Waals surface area contributed by atoms with Gasteiger partial charge in [-0.05, 0) is 13.3 Å². The van der Waals surface area contributed by atoms with Crippen molar-refractivity contribution in [3.8, 4) is 0 Å². The molecule has 2 fully saturated rings. The van der Waals surface area contributed by atoms with E-state index in [1.165, 1.54) is 0 Å². The molecule has 2 aliphatic heterocycles. The average Bonchev–Trinajstić information content (AvgIpc) is 2.62. The highest BCUT2D eigenvalue weighted by Gasteiger charge is 2.26. The number of carbonyl (C=O) groups is 1. The molecule has 1 unspecified atom stereocenters. The summed E-state index contributed by atoms with van der Waals surface area (Å²) in [7, 11) is 0. The fraction of sp³-hybridized carbons (Fsp3) is 0.909. The number of carbonyl (C=O) groups excluding carboxylic acids is 1. The minimum Gasteiger partial charge on any atom is -0.379 e. The Hall–Kier alpha value is -0.650. The Morgan fingerprint density at radius 3 is 2.75 bits per heavy atom. The van der Waals surface area contributed by atoms with Gasteiger partial charge in [-0.3, -0.25) is 15.0 Å². The first-order chi connectivity index (χ1) is 7.77. The summed E-state index contributed by atoms with van der Waals surface area (Å²) in [5, 5.41) is 3.15. The second-order valence-electron chi connectivity index (χ2n) is 4.45. The van der Waals surface area contributed by atoms with Gasteiger partial charge in [0.2, 0.25) is 5.91 Å². The summed E-state index contributed by atoms with van der Waals surface area (Å²) in [6, 6.07) is 0. The minimum absolute atomic E-state index is 0.206. The third-order valence-electron chi connectivity index (χ3n) is 3.31. The summed E-state index contributed by atoms with van der Waals surface area (Å²) >= 11 is 0. The molecule has 2 saturated heterocycles. The molecular weight excluding hydrogens is 206 g/mol. The molecule has 0 saturated carbocycles. The van der Waals surface area contributed by atoms with Crippen molar-refractivity contribution >= 4 is 5.91 Å². The van der Waals surface area contributed by atoms with Crippen molar-refractivity contribution < 1.29 is 9.53 Å². The Bertz CT molecular complexity index is 241. The molecule has 5 heteroatoms. The summed E-state index contributed by atoms with van der Waals surface area (Å²) in [5.41, 5.74) is 0. The van der Waals surface area contributed by atoms with E-state index in [4.69, 9.17) is 4.74 Å². The van der Waals surface area contributed by atoms with Gasteiger partial charge >= 0.3 is 0 Å². The zero-order valence-electron chi connectivity index (χ0n) is 9.95. The monoisotopic (exact) mass is 227 g/mol. The molecule has 1 N–H and O–H groups in total. The van der Waals surface area contributed by atoms with Crippen LogP contribution in [0.4, 0.5) is 0 Å². The van der Waals surface area contributed by atoms with Crippen molar-refractivity contribution in [1.29, 1.82) is 0 Å². The number of amides is 1. The van der Waals surface area contributed by atoms with Crippen molar-refractivity contribution in [2.45, 2.75) is 19.5 Å². The van der Waals surface area contributed by atoms with Crippen molar-refractivity contribution in [3.63, 3.8) is 0 Å². The second-order valence-corrected chi connectivity index (χ2v) is 4.45. The fourth-order valence-electron chi connectivity index (χ4n) is 2.27. The van der Waals surface area contributed by atoms with Gasteiger partial charge in [0, 0.05) is 26.2 Å². The second kappa shape index (κ2) is 5.61. The van der Waals surface area contributed by atoms with Crippen LogP contribution in [-0.4, -0.2) is 67.8 Å². The first-order valence-electron chi connectivity index (χ1n) is 6.10. The van der Waals surface area contributed by atoms with E-state index < -0.39 is 0 Å². The number of rotatable bonds is 4. The van der Waals surface area contributed by atoms with Crippen molar-refractivity contribution in [1.82, 2.24) is 15.1 Å². The van der Waals surface area contributed by atoms with Gasteiger partial charge in [0.25, 0.3) is 0 Å². The van der Waals surface area contributed by atoms with Crippen LogP contribution in [0.1, 0.15) is 13.3 Å². The molecule has 1 atom stereocenters. The molecule has 16 heavy (non-hydrogen) atoms. The summed E-state index contributed by atoms with van der Waals surface area (Å²) in [5.74, 6) is 0.231. The van der Waals surface area contributed by atoms with Gasteiger partial charge < -0.3 is 9.64 Å². The van der Waals surface area contributed by atoms with Crippen LogP contribution in [0.3, 0.4) is 0 Å². The molecule has 2 heterocycles. The van der Waals surface area contributed by atoms with Gasteiger partial charge in [-0.25, -0.2) is 0 Å². The quantitative estimate of drug-likeness (QED) is 0.702. The summed E-state index contributed by atoms with van der Waals surface area (Å²) < 4.78 is 5.30. The lowest BCUT2D eigenvalue weighted by atomic mass is 10.3. The normalized spacial score (nSPS) is 27.7. The van der Waals surface area contributed by atoms with Gasteiger partial charge in [-0.2, -0.15) is 0 Å². The zero-order valence-corrected chi connectivity index (χ0v) is 9.95. The number of ether oxygens (including phenoxy) is 1. The van der Waals surface area contributed by atoms with Crippen molar-refractivity contribution in [2.75, 3.05) is 45.9 Å². The van der Waals surface area contributed by atoms with Gasteiger partial charge in [0.1, 0.15) is 0 Å². The lowest BCUT2D eigenvalue weighted by Gasteiger charge is -2.28. The lowest BCUT2D eigenvalue weighted by Crippen LogP contribution is -2.40. The molecule has 0 radical (unpaired) electrons. The number of morpholine rings is 1. The van der Waals surface area contributed by atoms with Gasteiger partial charge in [0.15, 0.2) is 0 Å². The van der Waals surface area contributed by atoms with E-state index in [0.717, 1.165) is 45.8 Å². The van der Waals surface area contributed by atoms with Crippen LogP contribution in [0.15, 0.2) is 0 Å². The molecule has 0 aromatic heterocycles. The lowest BCUT2D eigenvalue weighted by molar-refractivity contribution is -0.127. The standard InChI is InChI=1S/C11H21N3O2/c1-10-12-9-11(15)14(10)4-2-3-13-5-7-16-8-6-13/h10,12H,2-9H2,1H3. The molecule has 2 rings (SSSR count). The molecule has 0 bridgehead atoms. The van der Waals surface area contributed by atoms with Gasteiger partial charge in [-0.15, -0.1) is 0 Å². The number of nitrogens with one attached hydrogen (secondary N) is 1. The third kappa shape index (κ3) is 2.93. The highest BCUT2D eigenvalue weighted by molar-refractivity contribution is 5.80. The number of hydrogen-bond acceptors (Lipinski definition) is 4. The van der Waals surface area contributed by atoms with Crippen LogP contribution in [0, 0.1) is 0 Å². The van der Waals surface area contributed by atoms with E-state index in [0.29, 0.717) is 6.54 Å². The Labute approximate surface area is 96.7 Å². The van der Waals surface area contributed by atoms with E-state index in [1.807, 2.05) is 11.8 Å². The van der Waals surface area contributed by atoms with E-state index >= 15 is 0 Å². The predicted octanol–water partition coefficient (Wildman–Crippen LogP) is -0.513. The van der Waals surface area contributed by atoms with E-state index in [9.17, 15) is 4.79 Å². The molecule has 5 nitrogen and oxygen atoms in total. The first-order valence-corrected chi connectivity index (χ1v) is 6.10. The number of hydrogen-bond donors (Lipinski definition) is 1. The van der Waals surface area contributed by atoms with Gasteiger partial charge in [-0.1, -0.05) is 0 Å². The largest absolute Gasteiger partial charge is 0.379 e. The summed E-state index contributed by atoms with van der Waals surface area (Å²) in [6.45, 7) is 8.23. The molecule has 1 amide bonds. The Kier molecular flexibility index (Phi) is 4.15. The molecule has 0 aromatic rings. The smallest absolute Gasteiger partial charge is 0.237 e. The molecule has 0 spiro atoms. The topological polar surface area (TPSA) is 44.8 Å². The highest BCUT2D eigenvalue weighted by Crippen LogP contribution is 2.06. The maximum absolute atomic E-state index is 11.5. The van der Waals surface area contributed by atoms with E-state index in [1.54, 1.807) is 0 Å². The molecular formula is C11H21N3O2. The average molecular weight is 227 g/mol. The summed E-state index contributed by atoms with van der Waals surface area (Å²) in [6.07, 6.45) is 1.26.